The SMILES string of the molecule is NC1(C(=O)N2C[C@H](O)C[C@@H]2C(=O)O)CCC1. The van der Waals surface area contributed by atoms with Crippen molar-refractivity contribution < 1.29 is 19.8 Å². The van der Waals surface area contributed by atoms with Crippen molar-refractivity contribution in [2.75, 3.05) is 6.54 Å². The maximum absolute atomic E-state index is 12.0. The van der Waals surface area contributed by atoms with Gasteiger partial charge in [0.1, 0.15) is 6.04 Å². The van der Waals surface area contributed by atoms with E-state index in [9.17, 15) is 14.7 Å². The number of rotatable bonds is 2. The average molecular weight is 228 g/mol. The van der Waals surface area contributed by atoms with E-state index in [2.05, 4.69) is 0 Å². The van der Waals surface area contributed by atoms with Crippen LogP contribution in [0.4, 0.5) is 0 Å². The summed E-state index contributed by atoms with van der Waals surface area (Å²) in [5.74, 6) is -1.41. The van der Waals surface area contributed by atoms with Gasteiger partial charge < -0.3 is 20.8 Å². The van der Waals surface area contributed by atoms with Gasteiger partial charge in [-0.1, -0.05) is 0 Å². The number of carbonyl (C=O) groups is 2. The molecule has 0 aromatic rings. The lowest BCUT2D eigenvalue weighted by Crippen LogP contribution is -2.61. The largest absolute Gasteiger partial charge is 0.480 e. The molecule has 0 spiro atoms. The topological polar surface area (TPSA) is 104 Å². The molecule has 0 aromatic carbocycles. The van der Waals surface area contributed by atoms with Gasteiger partial charge in [-0.2, -0.15) is 0 Å². The van der Waals surface area contributed by atoms with Crippen molar-refractivity contribution in [3.8, 4) is 0 Å². The van der Waals surface area contributed by atoms with Gasteiger partial charge in [-0.25, -0.2) is 4.79 Å². The Hall–Kier alpha value is -1.14. The van der Waals surface area contributed by atoms with Crippen molar-refractivity contribution in [3.63, 3.8) is 0 Å². The third-order valence-electron chi connectivity index (χ3n) is 3.50. The number of hydrogen-bond donors (Lipinski definition) is 3. The van der Waals surface area contributed by atoms with Crippen molar-refractivity contribution in [2.45, 2.75) is 43.4 Å². The second-order valence-electron chi connectivity index (χ2n) is 4.71. The number of nitrogens with two attached hydrogens (primary N) is 1. The molecule has 0 aromatic heterocycles. The first-order valence-electron chi connectivity index (χ1n) is 5.45. The van der Waals surface area contributed by atoms with E-state index >= 15 is 0 Å². The highest BCUT2D eigenvalue weighted by Crippen LogP contribution is 2.33. The molecular formula is C10H16N2O4. The number of hydrogen-bond acceptors (Lipinski definition) is 4. The van der Waals surface area contributed by atoms with Crippen LogP contribution in [0.5, 0.6) is 0 Å². The lowest BCUT2D eigenvalue weighted by atomic mass is 9.76. The highest BCUT2D eigenvalue weighted by Gasteiger charge is 2.48. The number of aliphatic hydroxyl groups is 1. The van der Waals surface area contributed by atoms with Gasteiger partial charge in [-0.05, 0) is 19.3 Å². The van der Waals surface area contributed by atoms with Crippen molar-refractivity contribution in [1.82, 2.24) is 4.90 Å². The number of aliphatic hydroxyl groups excluding tert-OH is 1. The molecule has 0 radical (unpaired) electrons. The number of nitrogens with zero attached hydrogens (tertiary/aromatic N) is 1. The van der Waals surface area contributed by atoms with E-state index in [1.54, 1.807) is 0 Å². The fourth-order valence-electron chi connectivity index (χ4n) is 2.33. The van der Waals surface area contributed by atoms with Crippen LogP contribution in [0.1, 0.15) is 25.7 Å². The van der Waals surface area contributed by atoms with E-state index in [1.165, 1.54) is 4.90 Å². The van der Waals surface area contributed by atoms with Gasteiger partial charge in [-0.3, -0.25) is 4.79 Å². The Morgan fingerprint density at radius 2 is 2.00 bits per heavy atom. The Labute approximate surface area is 93.0 Å². The quantitative estimate of drug-likeness (QED) is 0.557. The van der Waals surface area contributed by atoms with Gasteiger partial charge in [0, 0.05) is 13.0 Å². The molecule has 0 unspecified atom stereocenters. The summed E-state index contributed by atoms with van der Waals surface area (Å²) < 4.78 is 0. The van der Waals surface area contributed by atoms with E-state index in [0.717, 1.165) is 6.42 Å². The standard InChI is InChI=1S/C10H16N2O4/c11-10(2-1-3-10)9(16)12-5-6(13)4-7(12)8(14)15/h6-7,13H,1-5,11H2,(H,14,15)/t6-,7-/m1/s1. The smallest absolute Gasteiger partial charge is 0.326 e. The summed E-state index contributed by atoms with van der Waals surface area (Å²) in [6, 6.07) is -0.927. The minimum Gasteiger partial charge on any atom is -0.480 e. The number of β-amino-alcohol motifs (C(OH)–C–C–N with tert-alkyl or cyclic N) is 1. The van der Waals surface area contributed by atoms with Crippen LogP contribution in [-0.4, -0.2) is 51.2 Å². The molecular weight excluding hydrogens is 212 g/mol. The van der Waals surface area contributed by atoms with Gasteiger partial charge in [0.2, 0.25) is 5.91 Å². The van der Waals surface area contributed by atoms with Crippen LogP contribution < -0.4 is 5.73 Å². The zero-order valence-corrected chi connectivity index (χ0v) is 8.93. The number of carboxylic acid groups (broad SMARTS) is 1. The number of likely N-dealkylation sites (tertiary alicyclic amines) is 1. The van der Waals surface area contributed by atoms with Crippen LogP contribution >= 0.6 is 0 Å². The molecule has 2 rings (SSSR count). The minimum absolute atomic E-state index is 0.0781. The zero-order chi connectivity index (χ0) is 11.9. The Balaban J connectivity index is 2.13. The van der Waals surface area contributed by atoms with Crippen molar-refractivity contribution in [2.24, 2.45) is 5.73 Å². The van der Waals surface area contributed by atoms with Gasteiger partial charge in [0.05, 0.1) is 11.6 Å². The molecule has 1 heterocycles. The maximum Gasteiger partial charge on any atom is 0.326 e. The highest BCUT2D eigenvalue weighted by atomic mass is 16.4. The molecule has 90 valence electrons. The van der Waals surface area contributed by atoms with Crippen LogP contribution in [0.25, 0.3) is 0 Å². The molecule has 2 fully saturated rings. The summed E-state index contributed by atoms with van der Waals surface area (Å²) in [6.45, 7) is 0.0781. The highest BCUT2D eigenvalue weighted by molar-refractivity contribution is 5.91. The third kappa shape index (κ3) is 1.68. The van der Waals surface area contributed by atoms with Gasteiger partial charge in [-0.15, -0.1) is 0 Å². The number of carbonyl (C=O) groups excluding carboxylic acids is 1. The molecule has 16 heavy (non-hydrogen) atoms. The first kappa shape index (κ1) is 11.3. The molecule has 6 heteroatoms. The first-order valence-corrected chi connectivity index (χ1v) is 5.45. The maximum atomic E-state index is 12.0. The summed E-state index contributed by atoms with van der Waals surface area (Å²) in [7, 11) is 0. The molecule has 4 N–H and O–H groups in total. The minimum atomic E-state index is -1.08. The summed E-state index contributed by atoms with van der Waals surface area (Å²) in [4.78, 5) is 24.2. The first-order chi connectivity index (χ1) is 7.44. The summed E-state index contributed by atoms with van der Waals surface area (Å²) in [6.07, 6.45) is 1.44. The van der Waals surface area contributed by atoms with Crippen LogP contribution in [-0.2, 0) is 9.59 Å². The van der Waals surface area contributed by atoms with Gasteiger partial charge in [0.25, 0.3) is 0 Å². The molecule has 1 amide bonds. The van der Waals surface area contributed by atoms with Crippen LogP contribution in [0.15, 0.2) is 0 Å². The summed E-state index contributed by atoms with van der Waals surface area (Å²) >= 11 is 0. The van der Waals surface area contributed by atoms with Crippen LogP contribution in [0.2, 0.25) is 0 Å². The van der Waals surface area contributed by atoms with E-state index in [4.69, 9.17) is 10.8 Å². The monoisotopic (exact) mass is 228 g/mol. The van der Waals surface area contributed by atoms with Crippen molar-refractivity contribution >= 4 is 11.9 Å². The van der Waals surface area contributed by atoms with E-state index in [0.29, 0.717) is 12.8 Å². The van der Waals surface area contributed by atoms with Gasteiger partial charge >= 0.3 is 5.97 Å². The third-order valence-corrected chi connectivity index (χ3v) is 3.50. The van der Waals surface area contributed by atoms with E-state index in [-0.39, 0.29) is 18.9 Å². The zero-order valence-electron chi connectivity index (χ0n) is 8.93. The fourth-order valence-corrected chi connectivity index (χ4v) is 2.33. The van der Waals surface area contributed by atoms with Gasteiger partial charge in [0.15, 0.2) is 0 Å². The normalized spacial score (nSPS) is 32.2. The van der Waals surface area contributed by atoms with Crippen LogP contribution in [0, 0.1) is 0 Å². The molecule has 2 atom stereocenters. The van der Waals surface area contributed by atoms with E-state index in [1.807, 2.05) is 0 Å². The molecule has 1 aliphatic carbocycles. The average Bonchev–Trinajstić information content (AvgIpc) is 2.55. The Morgan fingerprint density at radius 3 is 2.44 bits per heavy atom. The van der Waals surface area contributed by atoms with E-state index < -0.39 is 23.7 Å². The second kappa shape index (κ2) is 3.71. The predicted molar refractivity (Wildman–Crippen MR) is 54.5 cm³/mol. The lowest BCUT2D eigenvalue weighted by Gasteiger charge is -2.40. The predicted octanol–water partition coefficient (Wildman–Crippen LogP) is -1.09. The van der Waals surface area contributed by atoms with Crippen molar-refractivity contribution in [1.29, 1.82) is 0 Å². The fraction of sp³-hybridized carbons (Fsp3) is 0.800. The summed E-state index contributed by atoms with van der Waals surface area (Å²) in [5, 5.41) is 18.4. The molecule has 6 nitrogen and oxygen atoms in total. The number of carboxylic acids is 1. The number of aliphatic carboxylic acids is 1. The Bertz CT molecular complexity index is 327. The van der Waals surface area contributed by atoms with Crippen LogP contribution in [0.3, 0.4) is 0 Å². The molecule has 1 saturated carbocycles. The Morgan fingerprint density at radius 1 is 1.38 bits per heavy atom. The molecule has 1 aliphatic heterocycles. The molecule has 1 saturated heterocycles. The second-order valence-corrected chi connectivity index (χ2v) is 4.71. The number of amides is 1. The molecule has 2 aliphatic rings. The summed E-state index contributed by atoms with van der Waals surface area (Å²) in [5.41, 5.74) is 4.98. The lowest BCUT2D eigenvalue weighted by molar-refractivity contribution is -0.152. The molecule has 0 bridgehead atoms. The van der Waals surface area contributed by atoms with Crippen molar-refractivity contribution in [3.05, 3.63) is 0 Å². The Kier molecular flexibility index (Phi) is 2.63.